The van der Waals surface area contributed by atoms with Crippen LogP contribution in [0.3, 0.4) is 0 Å². The molecule has 0 fully saturated rings. The van der Waals surface area contributed by atoms with Crippen LogP contribution in [0.4, 0.5) is 0 Å². The molecule has 1 aromatic heterocycles. The Labute approximate surface area is 151 Å². The number of benzene rings is 2. The van der Waals surface area contributed by atoms with E-state index >= 15 is 0 Å². The fourth-order valence-electron chi connectivity index (χ4n) is 2.76. The fourth-order valence-corrected chi connectivity index (χ4v) is 2.76. The second-order valence-electron chi connectivity index (χ2n) is 5.97. The van der Waals surface area contributed by atoms with E-state index in [9.17, 15) is 9.59 Å². The zero-order valence-electron chi connectivity index (χ0n) is 14.7. The predicted octanol–water partition coefficient (Wildman–Crippen LogP) is 3.21. The highest BCUT2D eigenvalue weighted by molar-refractivity contribution is 5.94. The smallest absolute Gasteiger partial charge is 0.260 e. The molecule has 0 aliphatic carbocycles. The number of pyridine rings is 1. The van der Waals surface area contributed by atoms with Gasteiger partial charge in [0.2, 0.25) is 0 Å². The molecule has 3 rings (SSSR count). The van der Waals surface area contributed by atoms with Crippen LogP contribution in [0.15, 0.2) is 71.5 Å². The molecule has 3 aromatic rings. The van der Waals surface area contributed by atoms with E-state index in [-0.39, 0.29) is 11.6 Å². The molecular formula is C21H20N2O3. The molecule has 2 aromatic carbocycles. The van der Waals surface area contributed by atoms with Crippen LogP contribution in [0.25, 0.3) is 0 Å². The SMILES string of the molecule is COc1ccc([C@@H](NC(=O)c2ccc(C)[nH]c2=O)c2ccccc2)cc1. The van der Waals surface area contributed by atoms with Gasteiger partial charge >= 0.3 is 0 Å². The highest BCUT2D eigenvalue weighted by atomic mass is 16.5. The van der Waals surface area contributed by atoms with Gasteiger partial charge in [0.15, 0.2) is 0 Å². The molecule has 0 unspecified atom stereocenters. The monoisotopic (exact) mass is 348 g/mol. The van der Waals surface area contributed by atoms with Crippen LogP contribution in [0, 0.1) is 6.92 Å². The summed E-state index contributed by atoms with van der Waals surface area (Å²) in [6.07, 6.45) is 0. The highest BCUT2D eigenvalue weighted by Crippen LogP contribution is 2.24. The molecule has 1 heterocycles. The van der Waals surface area contributed by atoms with Crippen LogP contribution in [-0.4, -0.2) is 18.0 Å². The number of hydrogen-bond donors (Lipinski definition) is 2. The molecule has 0 radical (unpaired) electrons. The zero-order valence-corrected chi connectivity index (χ0v) is 14.7. The van der Waals surface area contributed by atoms with Crippen molar-refractivity contribution in [3.8, 4) is 5.75 Å². The van der Waals surface area contributed by atoms with E-state index in [0.717, 1.165) is 16.9 Å². The number of aryl methyl sites for hydroxylation is 1. The van der Waals surface area contributed by atoms with Crippen molar-refractivity contribution < 1.29 is 9.53 Å². The molecule has 0 saturated heterocycles. The molecule has 0 aliphatic heterocycles. The number of H-pyrrole nitrogens is 1. The minimum atomic E-state index is -0.420. The zero-order chi connectivity index (χ0) is 18.5. The molecule has 1 amide bonds. The van der Waals surface area contributed by atoms with Gasteiger partial charge in [-0.15, -0.1) is 0 Å². The Kier molecular flexibility index (Phi) is 5.17. The minimum Gasteiger partial charge on any atom is -0.497 e. The summed E-state index contributed by atoms with van der Waals surface area (Å²) in [4.78, 5) is 27.4. The van der Waals surface area contributed by atoms with Crippen molar-refractivity contribution in [2.24, 2.45) is 0 Å². The summed E-state index contributed by atoms with van der Waals surface area (Å²) in [6.45, 7) is 1.77. The third-order valence-electron chi connectivity index (χ3n) is 4.16. The van der Waals surface area contributed by atoms with Gasteiger partial charge in [-0.2, -0.15) is 0 Å². The highest BCUT2D eigenvalue weighted by Gasteiger charge is 2.19. The van der Waals surface area contributed by atoms with E-state index in [0.29, 0.717) is 5.69 Å². The van der Waals surface area contributed by atoms with Gasteiger partial charge in [0, 0.05) is 5.69 Å². The van der Waals surface area contributed by atoms with Gasteiger partial charge in [0.1, 0.15) is 11.3 Å². The van der Waals surface area contributed by atoms with E-state index < -0.39 is 11.5 Å². The lowest BCUT2D eigenvalue weighted by Crippen LogP contribution is -2.33. The maximum Gasteiger partial charge on any atom is 0.260 e. The number of hydrogen-bond acceptors (Lipinski definition) is 3. The Morgan fingerprint density at radius 3 is 2.23 bits per heavy atom. The van der Waals surface area contributed by atoms with Crippen LogP contribution >= 0.6 is 0 Å². The molecule has 0 saturated carbocycles. The predicted molar refractivity (Wildman–Crippen MR) is 101 cm³/mol. The molecule has 132 valence electrons. The third kappa shape index (κ3) is 3.83. The van der Waals surface area contributed by atoms with Gasteiger partial charge in [-0.3, -0.25) is 9.59 Å². The topological polar surface area (TPSA) is 71.2 Å². The summed E-state index contributed by atoms with van der Waals surface area (Å²) in [7, 11) is 1.61. The van der Waals surface area contributed by atoms with E-state index in [1.807, 2.05) is 54.6 Å². The summed E-state index contributed by atoms with van der Waals surface area (Å²) < 4.78 is 5.20. The normalized spacial score (nSPS) is 11.6. The average molecular weight is 348 g/mol. The van der Waals surface area contributed by atoms with Crippen molar-refractivity contribution in [3.63, 3.8) is 0 Å². The molecule has 0 bridgehead atoms. The summed E-state index contributed by atoms with van der Waals surface area (Å²) in [6, 6.07) is 20.0. The number of amides is 1. The molecule has 5 nitrogen and oxygen atoms in total. The summed E-state index contributed by atoms with van der Waals surface area (Å²) in [5, 5.41) is 2.96. The quantitative estimate of drug-likeness (QED) is 0.744. The van der Waals surface area contributed by atoms with Gasteiger partial charge < -0.3 is 15.0 Å². The molecule has 2 N–H and O–H groups in total. The first-order chi connectivity index (χ1) is 12.6. The van der Waals surface area contributed by atoms with Crippen molar-refractivity contribution in [1.29, 1.82) is 0 Å². The largest absolute Gasteiger partial charge is 0.497 e. The Balaban J connectivity index is 1.95. The summed E-state index contributed by atoms with van der Waals surface area (Å²) >= 11 is 0. The average Bonchev–Trinajstić information content (AvgIpc) is 2.67. The van der Waals surface area contributed by atoms with Gasteiger partial charge in [0.25, 0.3) is 11.5 Å². The number of ether oxygens (including phenoxy) is 1. The lowest BCUT2D eigenvalue weighted by atomic mass is 9.98. The molecule has 0 spiro atoms. The summed E-state index contributed by atoms with van der Waals surface area (Å²) in [5.41, 5.74) is 2.22. The Morgan fingerprint density at radius 2 is 1.62 bits per heavy atom. The van der Waals surface area contributed by atoms with E-state index in [2.05, 4.69) is 10.3 Å². The number of rotatable bonds is 5. The van der Waals surface area contributed by atoms with E-state index in [1.54, 1.807) is 26.2 Å². The first kappa shape index (κ1) is 17.5. The van der Waals surface area contributed by atoms with E-state index in [4.69, 9.17) is 4.74 Å². The van der Waals surface area contributed by atoms with E-state index in [1.165, 1.54) is 0 Å². The summed E-state index contributed by atoms with van der Waals surface area (Å²) in [5.74, 6) is 0.317. The van der Waals surface area contributed by atoms with Crippen LogP contribution in [0.5, 0.6) is 5.75 Å². The fraction of sp³-hybridized carbons (Fsp3) is 0.143. The second kappa shape index (κ2) is 7.70. The van der Waals surface area contributed by atoms with Crippen LogP contribution in [-0.2, 0) is 0 Å². The Bertz CT molecular complexity index is 947. The first-order valence-corrected chi connectivity index (χ1v) is 8.28. The van der Waals surface area contributed by atoms with Gasteiger partial charge in [-0.25, -0.2) is 0 Å². The maximum atomic E-state index is 12.7. The standard InChI is InChI=1S/C21H20N2O3/c1-14-8-13-18(20(24)22-14)21(25)23-19(15-6-4-3-5-7-15)16-9-11-17(26-2)12-10-16/h3-13,19H,1-2H3,(H,22,24)(H,23,25)/t19-/m0/s1. The van der Waals surface area contributed by atoms with Crippen LogP contribution < -0.4 is 15.6 Å². The maximum absolute atomic E-state index is 12.7. The second-order valence-corrected chi connectivity index (χ2v) is 5.97. The number of aromatic amines is 1. The van der Waals surface area contributed by atoms with Crippen molar-refractivity contribution >= 4 is 5.91 Å². The van der Waals surface area contributed by atoms with Crippen LogP contribution in [0.1, 0.15) is 33.2 Å². The third-order valence-corrected chi connectivity index (χ3v) is 4.16. The Morgan fingerprint density at radius 1 is 0.962 bits per heavy atom. The number of nitrogens with one attached hydrogen (secondary N) is 2. The minimum absolute atomic E-state index is 0.0880. The molecular weight excluding hydrogens is 328 g/mol. The molecule has 5 heteroatoms. The number of carbonyl (C=O) groups excluding carboxylic acids is 1. The van der Waals surface area contributed by atoms with Crippen molar-refractivity contribution in [2.75, 3.05) is 7.11 Å². The molecule has 26 heavy (non-hydrogen) atoms. The lowest BCUT2D eigenvalue weighted by Gasteiger charge is -2.20. The lowest BCUT2D eigenvalue weighted by molar-refractivity contribution is 0.0941. The number of aromatic nitrogens is 1. The van der Waals surface area contributed by atoms with Crippen LogP contribution in [0.2, 0.25) is 0 Å². The van der Waals surface area contributed by atoms with Crippen molar-refractivity contribution in [3.05, 3.63) is 99.5 Å². The number of carbonyl (C=O) groups is 1. The Hall–Kier alpha value is -3.34. The number of methoxy groups -OCH3 is 1. The molecule has 1 atom stereocenters. The first-order valence-electron chi connectivity index (χ1n) is 8.28. The van der Waals surface area contributed by atoms with Crippen molar-refractivity contribution in [1.82, 2.24) is 10.3 Å². The van der Waals surface area contributed by atoms with Gasteiger partial charge in [-0.1, -0.05) is 42.5 Å². The molecule has 0 aliphatic rings. The van der Waals surface area contributed by atoms with Gasteiger partial charge in [-0.05, 0) is 42.3 Å². The van der Waals surface area contributed by atoms with Crippen molar-refractivity contribution in [2.45, 2.75) is 13.0 Å². The van der Waals surface area contributed by atoms with Gasteiger partial charge in [0.05, 0.1) is 13.2 Å².